The zero-order valence-corrected chi connectivity index (χ0v) is 11.0. The summed E-state index contributed by atoms with van der Waals surface area (Å²) in [7, 11) is 0. The van der Waals surface area contributed by atoms with E-state index in [0.717, 1.165) is 15.7 Å². The quantitative estimate of drug-likeness (QED) is 0.789. The van der Waals surface area contributed by atoms with Gasteiger partial charge in [0.2, 0.25) is 0 Å². The van der Waals surface area contributed by atoms with Gasteiger partial charge in [-0.05, 0) is 24.0 Å². The molecule has 2 rings (SSSR count). The summed E-state index contributed by atoms with van der Waals surface area (Å²) >= 11 is 3.00. The molecule has 1 heterocycles. The molecule has 1 unspecified atom stereocenters. The van der Waals surface area contributed by atoms with Crippen LogP contribution in [0.4, 0.5) is 0 Å². The monoisotopic (exact) mass is 261 g/mol. The van der Waals surface area contributed by atoms with E-state index in [0.29, 0.717) is 6.42 Å². The van der Waals surface area contributed by atoms with Crippen molar-refractivity contribution in [2.75, 3.05) is 0 Å². The van der Waals surface area contributed by atoms with Crippen LogP contribution in [0.1, 0.15) is 23.1 Å². The Labute approximate surface area is 109 Å². The van der Waals surface area contributed by atoms with E-state index in [2.05, 4.69) is 15.4 Å². The van der Waals surface area contributed by atoms with Crippen molar-refractivity contribution in [2.24, 2.45) is 0 Å². The van der Waals surface area contributed by atoms with Crippen LogP contribution in [-0.4, -0.2) is 9.36 Å². The van der Waals surface area contributed by atoms with E-state index in [1.165, 1.54) is 11.5 Å². The van der Waals surface area contributed by atoms with Gasteiger partial charge >= 0.3 is 0 Å². The molecule has 2 aromatic rings. The second kappa shape index (κ2) is 5.80. The Morgan fingerprint density at radius 3 is 2.76 bits per heavy atom. The van der Waals surface area contributed by atoms with E-state index < -0.39 is 0 Å². The lowest BCUT2D eigenvalue weighted by atomic mass is 10.1. The standard InChI is InChI=1S/C12H11N3S2/c1-9-14-12(17-15-9)16-11(7-8-13)10-5-3-2-4-6-10/h2-6,11H,7H2,1H3. The lowest BCUT2D eigenvalue weighted by Crippen LogP contribution is -1.92. The van der Waals surface area contributed by atoms with Crippen LogP contribution in [0.15, 0.2) is 34.7 Å². The Morgan fingerprint density at radius 1 is 1.41 bits per heavy atom. The van der Waals surface area contributed by atoms with Gasteiger partial charge in [-0.2, -0.15) is 9.64 Å². The van der Waals surface area contributed by atoms with Gasteiger partial charge in [-0.1, -0.05) is 42.1 Å². The van der Waals surface area contributed by atoms with Gasteiger partial charge in [0.1, 0.15) is 5.82 Å². The highest BCUT2D eigenvalue weighted by Gasteiger charge is 2.15. The number of hydrogen-bond donors (Lipinski definition) is 0. The van der Waals surface area contributed by atoms with E-state index in [1.54, 1.807) is 11.8 Å². The summed E-state index contributed by atoms with van der Waals surface area (Å²) in [5.74, 6) is 0.793. The molecule has 0 amide bonds. The molecular formula is C12H11N3S2. The summed E-state index contributed by atoms with van der Waals surface area (Å²) in [6.07, 6.45) is 0.479. The van der Waals surface area contributed by atoms with Gasteiger partial charge in [0.15, 0.2) is 4.34 Å². The maximum Gasteiger partial charge on any atom is 0.170 e. The van der Waals surface area contributed by atoms with Crippen molar-refractivity contribution >= 4 is 23.3 Å². The van der Waals surface area contributed by atoms with Crippen LogP contribution in [0.2, 0.25) is 0 Å². The molecule has 17 heavy (non-hydrogen) atoms. The summed E-state index contributed by atoms with van der Waals surface area (Å²) in [5, 5.41) is 9.02. The zero-order valence-electron chi connectivity index (χ0n) is 9.33. The molecule has 0 aliphatic rings. The first kappa shape index (κ1) is 12.1. The molecule has 5 heteroatoms. The number of aromatic nitrogens is 2. The third-order valence-corrected chi connectivity index (χ3v) is 4.33. The zero-order chi connectivity index (χ0) is 12.1. The Kier molecular flexibility index (Phi) is 4.13. The summed E-state index contributed by atoms with van der Waals surface area (Å²) in [5.41, 5.74) is 1.16. The largest absolute Gasteiger partial charge is 0.213 e. The SMILES string of the molecule is Cc1nsc(SC(CC#N)c2ccccc2)n1. The van der Waals surface area contributed by atoms with Crippen molar-refractivity contribution in [3.63, 3.8) is 0 Å². The van der Waals surface area contributed by atoms with Gasteiger partial charge in [-0.3, -0.25) is 0 Å². The first-order chi connectivity index (χ1) is 8.29. The summed E-state index contributed by atoms with van der Waals surface area (Å²) in [6.45, 7) is 1.88. The highest BCUT2D eigenvalue weighted by Crippen LogP contribution is 2.37. The smallest absolute Gasteiger partial charge is 0.170 e. The lowest BCUT2D eigenvalue weighted by Gasteiger charge is -2.11. The maximum atomic E-state index is 8.89. The minimum atomic E-state index is 0.133. The molecule has 1 atom stereocenters. The number of nitriles is 1. The van der Waals surface area contributed by atoms with Gasteiger partial charge < -0.3 is 0 Å². The van der Waals surface area contributed by atoms with Crippen molar-refractivity contribution in [2.45, 2.75) is 22.9 Å². The molecule has 1 aromatic carbocycles. The molecule has 0 aliphatic heterocycles. The van der Waals surface area contributed by atoms with Crippen molar-refractivity contribution in [3.05, 3.63) is 41.7 Å². The van der Waals surface area contributed by atoms with Crippen LogP contribution >= 0.6 is 23.3 Å². The van der Waals surface area contributed by atoms with Crippen LogP contribution in [0.3, 0.4) is 0 Å². The van der Waals surface area contributed by atoms with Gasteiger partial charge in [-0.25, -0.2) is 4.98 Å². The normalized spacial score (nSPS) is 12.0. The molecule has 0 saturated heterocycles. The summed E-state index contributed by atoms with van der Waals surface area (Å²) < 4.78 is 5.07. The minimum absolute atomic E-state index is 0.133. The molecule has 86 valence electrons. The Balaban J connectivity index is 2.16. The van der Waals surface area contributed by atoms with Crippen LogP contribution in [0.5, 0.6) is 0 Å². The van der Waals surface area contributed by atoms with Crippen LogP contribution in [0, 0.1) is 18.3 Å². The number of hydrogen-bond acceptors (Lipinski definition) is 5. The Morgan fingerprint density at radius 2 is 2.18 bits per heavy atom. The first-order valence-electron chi connectivity index (χ1n) is 5.18. The third-order valence-electron chi connectivity index (χ3n) is 2.20. The highest BCUT2D eigenvalue weighted by atomic mass is 32.2. The molecule has 0 aliphatic carbocycles. The minimum Gasteiger partial charge on any atom is -0.213 e. The first-order valence-corrected chi connectivity index (χ1v) is 6.84. The third kappa shape index (κ3) is 3.29. The number of benzene rings is 1. The molecular weight excluding hydrogens is 250 g/mol. The predicted molar refractivity (Wildman–Crippen MR) is 69.9 cm³/mol. The van der Waals surface area contributed by atoms with Crippen molar-refractivity contribution in [1.82, 2.24) is 9.36 Å². The Bertz CT molecular complexity index is 516. The van der Waals surface area contributed by atoms with E-state index in [4.69, 9.17) is 5.26 Å². The molecule has 0 saturated carbocycles. The van der Waals surface area contributed by atoms with Crippen LogP contribution in [-0.2, 0) is 0 Å². The number of rotatable bonds is 4. The molecule has 0 N–H and O–H groups in total. The number of nitrogens with zero attached hydrogens (tertiary/aromatic N) is 3. The Hall–Kier alpha value is -1.38. The van der Waals surface area contributed by atoms with Gasteiger partial charge in [-0.15, -0.1) is 0 Å². The molecule has 3 nitrogen and oxygen atoms in total. The van der Waals surface area contributed by atoms with E-state index in [-0.39, 0.29) is 5.25 Å². The van der Waals surface area contributed by atoms with E-state index >= 15 is 0 Å². The molecule has 0 bridgehead atoms. The van der Waals surface area contributed by atoms with Crippen LogP contribution < -0.4 is 0 Å². The van der Waals surface area contributed by atoms with E-state index in [9.17, 15) is 0 Å². The second-order valence-corrected chi connectivity index (χ2v) is 5.69. The van der Waals surface area contributed by atoms with Crippen LogP contribution in [0.25, 0.3) is 0 Å². The fraction of sp³-hybridized carbons (Fsp3) is 0.250. The summed E-state index contributed by atoms with van der Waals surface area (Å²) in [4.78, 5) is 4.32. The lowest BCUT2D eigenvalue weighted by molar-refractivity contribution is 0.973. The molecule has 1 aromatic heterocycles. The number of thioether (sulfide) groups is 1. The average molecular weight is 261 g/mol. The second-order valence-electron chi connectivity index (χ2n) is 3.49. The highest BCUT2D eigenvalue weighted by molar-refractivity contribution is 8.01. The van der Waals surface area contributed by atoms with Gasteiger partial charge in [0, 0.05) is 5.25 Å². The molecule has 0 fully saturated rings. The average Bonchev–Trinajstić information content (AvgIpc) is 2.75. The summed E-state index contributed by atoms with van der Waals surface area (Å²) in [6, 6.07) is 12.3. The van der Waals surface area contributed by atoms with Crippen molar-refractivity contribution < 1.29 is 0 Å². The maximum absolute atomic E-state index is 8.89. The van der Waals surface area contributed by atoms with Gasteiger partial charge in [0.05, 0.1) is 12.5 Å². The molecule has 0 radical (unpaired) electrons. The molecule has 0 spiro atoms. The van der Waals surface area contributed by atoms with Crippen molar-refractivity contribution in [3.8, 4) is 6.07 Å². The fourth-order valence-corrected chi connectivity index (χ4v) is 3.36. The topological polar surface area (TPSA) is 49.6 Å². The fourth-order valence-electron chi connectivity index (χ4n) is 1.43. The van der Waals surface area contributed by atoms with E-state index in [1.807, 2.05) is 37.3 Å². The van der Waals surface area contributed by atoms with Gasteiger partial charge in [0.25, 0.3) is 0 Å². The number of aryl methyl sites for hydroxylation is 1. The van der Waals surface area contributed by atoms with Crippen molar-refractivity contribution in [1.29, 1.82) is 5.26 Å². The predicted octanol–water partition coefficient (Wildman–Crippen LogP) is 3.59.